The molecule has 33 heavy (non-hydrogen) atoms. The Hall–Kier alpha value is -2.96. The topological polar surface area (TPSA) is 70.1 Å². The van der Waals surface area contributed by atoms with Gasteiger partial charge in [-0.1, -0.05) is 61.0 Å². The quantitative estimate of drug-likeness (QED) is 0.397. The highest BCUT2D eigenvalue weighted by Crippen LogP contribution is 2.39. The predicted molar refractivity (Wildman–Crippen MR) is 128 cm³/mol. The minimum atomic E-state index is -0.621. The average molecular weight is 449 g/mol. The molecule has 2 heterocycles. The molecule has 1 amide bonds. The first kappa shape index (κ1) is 23.2. The number of hydrogen-bond donors (Lipinski definition) is 1. The van der Waals surface area contributed by atoms with Gasteiger partial charge in [-0.2, -0.15) is 0 Å². The van der Waals surface area contributed by atoms with Crippen LogP contribution in [0.5, 0.6) is 0 Å². The van der Waals surface area contributed by atoms with Crippen molar-refractivity contribution in [3.05, 3.63) is 76.4 Å². The summed E-state index contributed by atoms with van der Waals surface area (Å²) in [6.07, 6.45) is 1.66. The summed E-state index contributed by atoms with van der Waals surface area (Å²) >= 11 is 0. The van der Waals surface area contributed by atoms with Crippen LogP contribution in [0.25, 0.3) is 5.76 Å². The van der Waals surface area contributed by atoms with Gasteiger partial charge in [-0.05, 0) is 30.9 Å². The number of aliphatic hydroxyl groups is 1. The molecule has 1 atom stereocenters. The summed E-state index contributed by atoms with van der Waals surface area (Å²) in [5.41, 5.74) is 3.79. The van der Waals surface area contributed by atoms with Gasteiger partial charge in [0.15, 0.2) is 0 Å². The third-order valence-corrected chi connectivity index (χ3v) is 6.55. The van der Waals surface area contributed by atoms with E-state index in [1.165, 1.54) is 5.56 Å². The van der Waals surface area contributed by atoms with Crippen LogP contribution >= 0.6 is 0 Å². The Labute approximate surface area is 195 Å². The van der Waals surface area contributed by atoms with Crippen LogP contribution in [0.2, 0.25) is 0 Å². The number of carbonyl (C=O) groups is 2. The van der Waals surface area contributed by atoms with Crippen molar-refractivity contribution < 1.29 is 19.4 Å². The molecule has 4 rings (SSSR count). The monoisotopic (exact) mass is 448 g/mol. The molecule has 0 saturated carbocycles. The van der Waals surface area contributed by atoms with Gasteiger partial charge in [-0.25, -0.2) is 0 Å². The Kier molecular flexibility index (Phi) is 7.26. The van der Waals surface area contributed by atoms with Gasteiger partial charge in [0.2, 0.25) is 0 Å². The van der Waals surface area contributed by atoms with E-state index in [0.29, 0.717) is 12.1 Å². The van der Waals surface area contributed by atoms with Crippen LogP contribution in [-0.2, 0) is 20.7 Å². The zero-order chi connectivity index (χ0) is 23.4. The second-order valence-corrected chi connectivity index (χ2v) is 8.76. The largest absolute Gasteiger partial charge is 0.507 e. The van der Waals surface area contributed by atoms with Gasteiger partial charge in [0.05, 0.1) is 24.8 Å². The molecule has 2 saturated heterocycles. The number of amides is 1. The third kappa shape index (κ3) is 5.02. The van der Waals surface area contributed by atoms with Crippen molar-refractivity contribution in [2.45, 2.75) is 32.7 Å². The summed E-state index contributed by atoms with van der Waals surface area (Å²) in [6, 6.07) is 14.7. The first-order valence-electron chi connectivity index (χ1n) is 11.7. The maximum Gasteiger partial charge on any atom is 0.295 e. The molecule has 2 fully saturated rings. The lowest BCUT2D eigenvalue weighted by molar-refractivity contribution is -0.140. The van der Waals surface area contributed by atoms with Gasteiger partial charge in [0.1, 0.15) is 5.76 Å². The summed E-state index contributed by atoms with van der Waals surface area (Å²) in [4.78, 5) is 30.2. The highest BCUT2D eigenvalue weighted by atomic mass is 16.5. The van der Waals surface area contributed by atoms with E-state index in [4.69, 9.17) is 4.74 Å². The fourth-order valence-corrected chi connectivity index (χ4v) is 4.55. The number of morpholine rings is 1. The average Bonchev–Trinajstić information content (AvgIpc) is 3.10. The van der Waals surface area contributed by atoms with Gasteiger partial charge in [0.25, 0.3) is 11.7 Å². The number of benzene rings is 2. The standard InChI is InChI=1S/C27H32N2O4/c1-3-20-7-11-21(12-8-20)24-23(25(30)22-9-5-19(2)6-10-22)26(31)27(32)29(24)14-4-13-28-15-17-33-18-16-28/h5-12,24,30H,3-4,13-18H2,1-2H3. The summed E-state index contributed by atoms with van der Waals surface area (Å²) in [6.45, 7) is 8.56. The van der Waals surface area contributed by atoms with Crippen LogP contribution in [0, 0.1) is 6.92 Å². The number of ketones is 1. The van der Waals surface area contributed by atoms with Crippen LogP contribution < -0.4 is 0 Å². The number of carbonyl (C=O) groups excluding carboxylic acids is 2. The van der Waals surface area contributed by atoms with Gasteiger partial charge >= 0.3 is 0 Å². The lowest BCUT2D eigenvalue weighted by atomic mass is 9.94. The molecule has 0 spiro atoms. The molecule has 0 radical (unpaired) electrons. The van der Waals surface area contributed by atoms with Crippen LogP contribution in [-0.4, -0.2) is 66.0 Å². The smallest absolute Gasteiger partial charge is 0.295 e. The van der Waals surface area contributed by atoms with E-state index in [2.05, 4.69) is 11.8 Å². The molecule has 174 valence electrons. The number of rotatable bonds is 7. The van der Waals surface area contributed by atoms with Gasteiger partial charge in [-0.3, -0.25) is 14.5 Å². The van der Waals surface area contributed by atoms with E-state index in [9.17, 15) is 14.7 Å². The maximum absolute atomic E-state index is 13.1. The van der Waals surface area contributed by atoms with Crippen LogP contribution in [0.15, 0.2) is 54.1 Å². The van der Waals surface area contributed by atoms with Crippen LogP contribution in [0.1, 0.15) is 41.6 Å². The number of nitrogens with zero attached hydrogens (tertiary/aromatic N) is 2. The number of likely N-dealkylation sites (tertiary alicyclic amines) is 1. The SMILES string of the molecule is CCc1ccc(C2C(=C(O)c3ccc(C)cc3)C(=O)C(=O)N2CCCN2CCOCC2)cc1. The maximum atomic E-state index is 13.1. The third-order valence-electron chi connectivity index (χ3n) is 6.55. The molecule has 0 bridgehead atoms. The molecule has 6 nitrogen and oxygen atoms in total. The fourth-order valence-electron chi connectivity index (χ4n) is 4.55. The zero-order valence-electron chi connectivity index (χ0n) is 19.4. The number of Topliss-reactive ketones (excluding diaryl/α,β-unsaturated/α-hetero) is 1. The molecule has 2 aromatic carbocycles. The minimum absolute atomic E-state index is 0.117. The van der Waals surface area contributed by atoms with Crippen molar-refractivity contribution in [2.24, 2.45) is 0 Å². The molecule has 1 unspecified atom stereocenters. The summed E-state index contributed by atoms with van der Waals surface area (Å²) in [7, 11) is 0. The highest BCUT2D eigenvalue weighted by Gasteiger charge is 2.45. The van der Waals surface area contributed by atoms with Crippen molar-refractivity contribution in [1.29, 1.82) is 0 Å². The lowest BCUT2D eigenvalue weighted by Crippen LogP contribution is -2.38. The molecule has 2 aliphatic heterocycles. The van der Waals surface area contributed by atoms with E-state index < -0.39 is 17.7 Å². The van der Waals surface area contributed by atoms with Gasteiger partial charge in [-0.15, -0.1) is 0 Å². The van der Waals surface area contributed by atoms with Crippen molar-refractivity contribution in [3.8, 4) is 0 Å². The number of hydrogen-bond acceptors (Lipinski definition) is 5. The summed E-state index contributed by atoms with van der Waals surface area (Å²) < 4.78 is 5.41. The predicted octanol–water partition coefficient (Wildman–Crippen LogP) is 3.70. The Morgan fingerprint density at radius 3 is 2.30 bits per heavy atom. The van der Waals surface area contributed by atoms with E-state index >= 15 is 0 Å². The normalized spacial score (nSPS) is 21.0. The zero-order valence-corrected chi connectivity index (χ0v) is 19.4. The van der Waals surface area contributed by atoms with Crippen molar-refractivity contribution in [3.63, 3.8) is 0 Å². The van der Waals surface area contributed by atoms with E-state index in [-0.39, 0.29) is 11.3 Å². The number of aliphatic hydroxyl groups excluding tert-OH is 1. The fraction of sp³-hybridized carbons (Fsp3) is 0.407. The first-order chi connectivity index (χ1) is 16.0. The Bertz CT molecular complexity index is 1020. The van der Waals surface area contributed by atoms with Crippen molar-refractivity contribution in [2.75, 3.05) is 39.4 Å². The van der Waals surface area contributed by atoms with Crippen molar-refractivity contribution in [1.82, 2.24) is 9.80 Å². The second-order valence-electron chi connectivity index (χ2n) is 8.76. The van der Waals surface area contributed by atoms with E-state index in [1.807, 2.05) is 43.3 Å². The van der Waals surface area contributed by atoms with Crippen molar-refractivity contribution >= 4 is 17.4 Å². The number of ether oxygens (including phenoxy) is 1. The highest BCUT2D eigenvalue weighted by molar-refractivity contribution is 6.46. The molecular weight excluding hydrogens is 416 g/mol. The Balaban J connectivity index is 1.66. The van der Waals surface area contributed by atoms with E-state index in [1.54, 1.807) is 17.0 Å². The van der Waals surface area contributed by atoms with E-state index in [0.717, 1.165) is 56.8 Å². The number of aryl methyl sites for hydroxylation is 2. The summed E-state index contributed by atoms with van der Waals surface area (Å²) in [5.74, 6) is -1.28. The first-order valence-corrected chi connectivity index (χ1v) is 11.7. The summed E-state index contributed by atoms with van der Waals surface area (Å²) in [5, 5.41) is 11.1. The Morgan fingerprint density at radius 2 is 1.67 bits per heavy atom. The lowest BCUT2D eigenvalue weighted by Gasteiger charge is -2.29. The molecule has 1 N–H and O–H groups in total. The Morgan fingerprint density at radius 1 is 1.00 bits per heavy atom. The van der Waals surface area contributed by atoms with Gasteiger partial charge < -0.3 is 14.7 Å². The van der Waals surface area contributed by atoms with Crippen LogP contribution in [0.4, 0.5) is 0 Å². The molecular formula is C27H32N2O4. The van der Waals surface area contributed by atoms with Crippen LogP contribution in [0.3, 0.4) is 0 Å². The second kappa shape index (κ2) is 10.3. The molecule has 2 aromatic rings. The minimum Gasteiger partial charge on any atom is -0.507 e. The molecule has 2 aliphatic rings. The molecule has 6 heteroatoms. The van der Waals surface area contributed by atoms with Gasteiger partial charge in [0, 0.05) is 31.7 Å². The molecule has 0 aromatic heterocycles. The molecule has 0 aliphatic carbocycles.